The standard InChI is InChI=1S/C12H10F5N/c1-3-4-5-6(18-2)7-8(13)10(15)12(17)11(16)9(7)14/h6,18H,5H2,1-2H3. The molecule has 1 N–H and O–H groups in total. The fourth-order valence-corrected chi connectivity index (χ4v) is 1.48. The minimum absolute atomic E-state index is 0.0641. The van der Waals surface area contributed by atoms with Gasteiger partial charge in [0.2, 0.25) is 5.82 Å². The van der Waals surface area contributed by atoms with Crippen LogP contribution in [0.3, 0.4) is 0 Å². The van der Waals surface area contributed by atoms with Crippen LogP contribution >= 0.6 is 0 Å². The monoisotopic (exact) mass is 263 g/mol. The van der Waals surface area contributed by atoms with Gasteiger partial charge in [0.1, 0.15) is 0 Å². The Kier molecular flexibility index (Phi) is 4.68. The molecular weight excluding hydrogens is 253 g/mol. The molecule has 1 unspecified atom stereocenters. The summed E-state index contributed by atoms with van der Waals surface area (Å²) in [5.74, 6) is -4.72. The van der Waals surface area contributed by atoms with Crippen molar-refractivity contribution in [2.24, 2.45) is 0 Å². The summed E-state index contributed by atoms with van der Waals surface area (Å²) in [6, 6.07) is -1.07. The van der Waals surface area contributed by atoms with Crippen LogP contribution in [0.4, 0.5) is 22.0 Å². The lowest BCUT2D eigenvalue weighted by atomic mass is 10.0. The Labute approximate surface area is 101 Å². The van der Waals surface area contributed by atoms with Crippen molar-refractivity contribution in [3.63, 3.8) is 0 Å². The first-order valence-electron chi connectivity index (χ1n) is 5.03. The predicted octanol–water partition coefficient (Wildman–Crippen LogP) is 3.06. The van der Waals surface area contributed by atoms with E-state index in [1.807, 2.05) is 0 Å². The molecule has 1 rings (SSSR count). The molecule has 0 saturated carbocycles. The van der Waals surface area contributed by atoms with Gasteiger partial charge in [-0.05, 0) is 14.0 Å². The molecule has 0 aliphatic carbocycles. The topological polar surface area (TPSA) is 12.0 Å². The Morgan fingerprint density at radius 2 is 1.39 bits per heavy atom. The number of rotatable bonds is 3. The summed E-state index contributed by atoms with van der Waals surface area (Å²) in [6.07, 6.45) is -0.0641. The van der Waals surface area contributed by atoms with E-state index in [0.717, 1.165) is 0 Å². The Morgan fingerprint density at radius 1 is 0.944 bits per heavy atom. The third-order valence-electron chi connectivity index (χ3n) is 2.42. The maximum absolute atomic E-state index is 13.5. The zero-order valence-electron chi connectivity index (χ0n) is 9.67. The van der Waals surface area contributed by atoms with Crippen LogP contribution in [0.5, 0.6) is 0 Å². The Morgan fingerprint density at radius 3 is 1.78 bits per heavy atom. The number of hydrogen-bond donors (Lipinski definition) is 1. The molecule has 0 aliphatic rings. The van der Waals surface area contributed by atoms with Gasteiger partial charge in [0.15, 0.2) is 23.3 Å². The second kappa shape index (κ2) is 5.83. The van der Waals surface area contributed by atoms with E-state index in [2.05, 4.69) is 17.2 Å². The maximum atomic E-state index is 13.5. The first kappa shape index (κ1) is 14.5. The Balaban J connectivity index is 3.41. The molecule has 1 aromatic rings. The highest BCUT2D eigenvalue weighted by molar-refractivity contribution is 5.28. The number of halogens is 5. The van der Waals surface area contributed by atoms with Crippen molar-refractivity contribution in [1.82, 2.24) is 5.32 Å². The number of nitrogens with one attached hydrogen (secondary N) is 1. The molecule has 0 aliphatic heterocycles. The molecule has 0 heterocycles. The lowest BCUT2D eigenvalue weighted by Gasteiger charge is -2.16. The summed E-state index contributed by atoms with van der Waals surface area (Å²) in [7, 11) is 1.35. The van der Waals surface area contributed by atoms with Crippen LogP contribution in [0.1, 0.15) is 24.9 Å². The molecule has 1 atom stereocenters. The van der Waals surface area contributed by atoms with Crippen molar-refractivity contribution in [3.8, 4) is 11.8 Å². The lowest BCUT2D eigenvalue weighted by molar-refractivity contribution is 0.359. The van der Waals surface area contributed by atoms with Crippen LogP contribution in [0, 0.1) is 40.9 Å². The van der Waals surface area contributed by atoms with Crippen molar-refractivity contribution in [1.29, 1.82) is 0 Å². The van der Waals surface area contributed by atoms with Gasteiger partial charge in [-0.15, -0.1) is 11.8 Å². The van der Waals surface area contributed by atoms with E-state index in [4.69, 9.17) is 0 Å². The third-order valence-corrected chi connectivity index (χ3v) is 2.42. The Hall–Kier alpha value is -1.61. The van der Waals surface area contributed by atoms with Gasteiger partial charge < -0.3 is 5.32 Å². The van der Waals surface area contributed by atoms with Gasteiger partial charge in [-0.3, -0.25) is 0 Å². The molecule has 98 valence electrons. The third kappa shape index (κ3) is 2.46. The van der Waals surface area contributed by atoms with Crippen molar-refractivity contribution in [2.75, 3.05) is 7.05 Å². The molecule has 1 nitrogen and oxygen atoms in total. The molecule has 0 aromatic heterocycles. The molecule has 0 amide bonds. The van der Waals surface area contributed by atoms with E-state index < -0.39 is 40.7 Å². The average molecular weight is 263 g/mol. The Bertz CT molecular complexity index is 486. The smallest absolute Gasteiger partial charge is 0.200 e. The van der Waals surface area contributed by atoms with Gasteiger partial charge in [-0.2, -0.15) is 0 Å². The zero-order valence-corrected chi connectivity index (χ0v) is 9.67. The van der Waals surface area contributed by atoms with E-state index >= 15 is 0 Å². The summed E-state index contributed by atoms with van der Waals surface area (Å²) >= 11 is 0. The van der Waals surface area contributed by atoms with Gasteiger partial charge in [-0.25, -0.2) is 22.0 Å². The summed E-state index contributed by atoms with van der Waals surface area (Å²) in [6.45, 7) is 1.51. The maximum Gasteiger partial charge on any atom is 0.200 e. The quantitative estimate of drug-likeness (QED) is 0.382. The predicted molar refractivity (Wildman–Crippen MR) is 56.1 cm³/mol. The minimum atomic E-state index is -2.16. The molecule has 0 fully saturated rings. The first-order chi connectivity index (χ1) is 8.45. The molecule has 6 heteroatoms. The molecule has 0 spiro atoms. The van der Waals surface area contributed by atoms with Gasteiger partial charge in [0.25, 0.3) is 0 Å². The molecule has 18 heavy (non-hydrogen) atoms. The fourth-order valence-electron chi connectivity index (χ4n) is 1.48. The SMILES string of the molecule is CC#CCC(NC)c1c(F)c(F)c(F)c(F)c1F. The van der Waals surface area contributed by atoms with E-state index in [0.29, 0.717) is 0 Å². The molecule has 1 aromatic carbocycles. The highest BCUT2D eigenvalue weighted by Crippen LogP contribution is 2.28. The number of benzene rings is 1. The van der Waals surface area contributed by atoms with Gasteiger partial charge >= 0.3 is 0 Å². The van der Waals surface area contributed by atoms with Crippen LogP contribution in [0.25, 0.3) is 0 Å². The van der Waals surface area contributed by atoms with E-state index in [-0.39, 0.29) is 6.42 Å². The van der Waals surface area contributed by atoms with Gasteiger partial charge in [0.05, 0.1) is 0 Å². The van der Waals surface area contributed by atoms with Crippen molar-refractivity contribution in [3.05, 3.63) is 34.6 Å². The van der Waals surface area contributed by atoms with Crippen molar-refractivity contribution < 1.29 is 22.0 Å². The van der Waals surface area contributed by atoms with E-state index in [1.54, 1.807) is 0 Å². The highest BCUT2D eigenvalue weighted by atomic mass is 19.2. The van der Waals surface area contributed by atoms with E-state index in [9.17, 15) is 22.0 Å². The lowest BCUT2D eigenvalue weighted by Crippen LogP contribution is -2.21. The van der Waals surface area contributed by atoms with Crippen LogP contribution < -0.4 is 5.32 Å². The van der Waals surface area contributed by atoms with Gasteiger partial charge in [0, 0.05) is 18.0 Å². The van der Waals surface area contributed by atoms with E-state index in [1.165, 1.54) is 14.0 Å². The molecule has 0 radical (unpaired) electrons. The number of hydrogen-bond acceptors (Lipinski definition) is 1. The van der Waals surface area contributed by atoms with Crippen LogP contribution in [-0.4, -0.2) is 7.05 Å². The van der Waals surface area contributed by atoms with Gasteiger partial charge in [-0.1, -0.05) is 0 Å². The normalized spacial score (nSPS) is 11.9. The van der Waals surface area contributed by atoms with Crippen molar-refractivity contribution >= 4 is 0 Å². The second-order valence-corrected chi connectivity index (χ2v) is 3.46. The fraction of sp³-hybridized carbons (Fsp3) is 0.333. The molecule has 0 saturated heterocycles. The summed E-state index contributed by atoms with van der Waals surface area (Å²) < 4.78 is 65.7. The van der Waals surface area contributed by atoms with Crippen LogP contribution in [0.2, 0.25) is 0 Å². The van der Waals surface area contributed by atoms with Crippen LogP contribution in [-0.2, 0) is 0 Å². The summed E-state index contributed by atoms with van der Waals surface area (Å²) in [5.41, 5.74) is -0.892. The molecular formula is C12H10F5N. The van der Waals surface area contributed by atoms with Crippen LogP contribution in [0.15, 0.2) is 0 Å². The first-order valence-corrected chi connectivity index (χ1v) is 5.03. The van der Waals surface area contributed by atoms with Crippen molar-refractivity contribution in [2.45, 2.75) is 19.4 Å². The second-order valence-electron chi connectivity index (χ2n) is 3.46. The zero-order chi connectivity index (χ0) is 13.9. The minimum Gasteiger partial charge on any atom is -0.312 e. The highest BCUT2D eigenvalue weighted by Gasteiger charge is 2.29. The average Bonchev–Trinajstić information content (AvgIpc) is 2.38. The summed E-state index contributed by atoms with van der Waals surface area (Å²) in [4.78, 5) is 0. The largest absolute Gasteiger partial charge is 0.312 e. The summed E-state index contributed by atoms with van der Waals surface area (Å²) in [5, 5.41) is 2.47. The molecule has 0 bridgehead atoms.